The first-order chi connectivity index (χ1) is 16.2. The molecule has 6 nitrogen and oxygen atoms in total. The summed E-state index contributed by atoms with van der Waals surface area (Å²) < 4.78 is 11.4. The summed E-state index contributed by atoms with van der Waals surface area (Å²) in [5.74, 6) is 0.240. The number of nitrogens with zero attached hydrogens (tertiary/aromatic N) is 3. The Hall–Kier alpha value is -2.67. The van der Waals surface area contributed by atoms with Crippen LogP contribution in [0.1, 0.15) is 15.9 Å². The highest BCUT2D eigenvalue weighted by Crippen LogP contribution is 2.29. The first-order valence-corrected chi connectivity index (χ1v) is 11.9. The van der Waals surface area contributed by atoms with Gasteiger partial charge in [-0.15, -0.1) is 0 Å². The van der Waals surface area contributed by atoms with Crippen molar-refractivity contribution in [2.75, 3.05) is 57.5 Å². The summed E-state index contributed by atoms with van der Waals surface area (Å²) >= 11 is 6.47. The van der Waals surface area contributed by atoms with Crippen LogP contribution in [0.3, 0.4) is 0 Å². The Morgan fingerprint density at radius 3 is 2.79 bits per heavy atom. The lowest BCUT2D eigenvalue weighted by molar-refractivity contribution is 0.0737. The molecule has 3 aromatic rings. The lowest BCUT2D eigenvalue weighted by atomic mass is 9.95. The molecule has 0 N–H and O–H groups in total. The van der Waals surface area contributed by atoms with Crippen LogP contribution in [0.4, 0.5) is 5.69 Å². The molecule has 1 aromatic heterocycles. The number of anilines is 1. The molecular weight excluding hydrogens is 438 g/mol. The van der Waals surface area contributed by atoms with E-state index in [4.69, 9.17) is 21.1 Å². The molecule has 1 amide bonds. The molecule has 2 saturated heterocycles. The topological polar surface area (TPSA) is 54.9 Å². The molecule has 172 valence electrons. The number of rotatable bonds is 4. The minimum atomic E-state index is 0.0243. The number of amides is 1. The van der Waals surface area contributed by atoms with Gasteiger partial charge in [-0.2, -0.15) is 0 Å². The van der Waals surface area contributed by atoms with Crippen molar-refractivity contribution in [2.45, 2.75) is 6.42 Å². The van der Waals surface area contributed by atoms with E-state index in [1.807, 2.05) is 41.6 Å². The number of fused-ring (bicyclic) bond motifs is 1. The highest BCUT2D eigenvalue weighted by atomic mass is 35.5. The maximum absolute atomic E-state index is 13.5. The van der Waals surface area contributed by atoms with Gasteiger partial charge in [0, 0.05) is 55.4 Å². The normalized spacial score (nSPS) is 19.5. The van der Waals surface area contributed by atoms with Gasteiger partial charge in [-0.1, -0.05) is 29.8 Å². The lowest BCUT2D eigenvalue weighted by Gasteiger charge is -2.30. The Balaban J connectivity index is 1.34. The molecule has 2 aromatic carbocycles. The summed E-state index contributed by atoms with van der Waals surface area (Å²) in [7, 11) is 0. The van der Waals surface area contributed by atoms with Gasteiger partial charge in [0.15, 0.2) is 0 Å². The quantitative estimate of drug-likeness (QED) is 0.581. The van der Waals surface area contributed by atoms with E-state index in [0.29, 0.717) is 50.1 Å². The maximum Gasteiger partial charge on any atom is 0.254 e. The average Bonchev–Trinajstić information content (AvgIpc) is 3.10. The largest absolute Gasteiger partial charge is 0.379 e. The first-order valence-electron chi connectivity index (χ1n) is 11.5. The van der Waals surface area contributed by atoms with Crippen molar-refractivity contribution in [3.8, 4) is 0 Å². The molecular formula is C26H28ClN3O3. The number of pyridine rings is 1. The summed E-state index contributed by atoms with van der Waals surface area (Å²) in [4.78, 5) is 21.9. The SMILES string of the molecule is O=C(c1ccc(Cl)c(N2CCOCC2)c1)N1CCOCC(Cc2cccc3ccncc23)C1. The highest BCUT2D eigenvalue weighted by molar-refractivity contribution is 6.33. The van der Waals surface area contributed by atoms with E-state index < -0.39 is 0 Å². The Morgan fingerprint density at radius 2 is 1.91 bits per heavy atom. The zero-order valence-electron chi connectivity index (χ0n) is 18.6. The van der Waals surface area contributed by atoms with Crippen molar-refractivity contribution < 1.29 is 14.3 Å². The molecule has 3 heterocycles. The van der Waals surface area contributed by atoms with Gasteiger partial charge in [0.1, 0.15) is 0 Å². The fourth-order valence-corrected chi connectivity index (χ4v) is 4.97. The Labute approximate surface area is 199 Å². The number of ether oxygens (including phenoxy) is 2. The summed E-state index contributed by atoms with van der Waals surface area (Å²) in [6.07, 6.45) is 4.58. The minimum absolute atomic E-state index is 0.0243. The molecule has 0 aliphatic carbocycles. The fraction of sp³-hybridized carbons (Fsp3) is 0.385. The second-order valence-electron chi connectivity index (χ2n) is 8.68. The van der Waals surface area contributed by atoms with Crippen LogP contribution >= 0.6 is 11.6 Å². The Bertz CT molecular complexity index is 1130. The molecule has 0 bridgehead atoms. The molecule has 0 saturated carbocycles. The van der Waals surface area contributed by atoms with E-state index >= 15 is 0 Å². The zero-order valence-corrected chi connectivity index (χ0v) is 19.3. The number of halogens is 1. The van der Waals surface area contributed by atoms with Gasteiger partial charge in [-0.05, 0) is 41.6 Å². The molecule has 5 rings (SSSR count). The number of hydrogen-bond donors (Lipinski definition) is 0. The average molecular weight is 466 g/mol. The van der Waals surface area contributed by atoms with Crippen LogP contribution in [0.25, 0.3) is 10.8 Å². The minimum Gasteiger partial charge on any atom is -0.379 e. The predicted molar refractivity (Wildman–Crippen MR) is 130 cm³/mol. The molecule has 1 unspecified atom stereocenters. The summed E-state index contributed by atoms with van der Waals surface area (Å²) in [5.41, 5.74) is 2.80. The van der Waals surface area contributed by atoms with Gasteiger partial charge in [0.25, 0.3) is 5.91 Å². The highest BCUT2D eigenvalue weighted by Gasteiger charge is 2.25. The third-order valence-electron chi connectivity index (χ3n) is 6.45. The van der Waals surface area contributed by atoms with Crippen LogP contribution in [0.5, 0.6) is 0 Å². The molecule has 2 aliphatic heterocycles. The van der Waals surface area contributed by atoms with Crippen LogP contribution in [-0.4, -0.2) is 68.4 Å². The van der Waals surface area contributed by atoms with E-state index in [1.165, 1.54) is 10.9 Å². The second kappa shape index (κ2) is 10.1. The molecule has 2 fully saturated rings. The van der Waals surface area contributed by atoms with Crippen LogP contribution in [0.2, 0.25) is 5.02 Å². The monoisotopic (exact) mass is 465 g/mol. The number of hydrogen-bond acceptors (Lipinski definition) is 5. The Kier molecular flexibility index (Phi) is 6.76. The molecule has 0 spiro atoms. The molecule has 7 heteroatoms. The van der Waals surface area contributed by atoms with Crippen LogP contribution in [0, 0.1) is 5.92 Å². The van der Waals surface area contributed by atoms with Gasteiger partial charge >= 0.3 is 0 Å². The number of benzene rings is 2. The fourth-order valence-electron chi connectivity index (χ4n) is 4.73. The van der Waals surface area contributed by atoms with Crippen molar-refractivity contribution >= 4 is 34.0 Å². The molecule has 0 radical (unpaired) electrons. The number of carbonyl (C=O) groups is 1. The number of carbonyl (C=O) groups excluding carboxylic acids is 1. The number of morpholine rings is 1. The van der Waals surface area contributed by atoms with Gasteiger partial charge < -0.3 is 19.3 Å². The van der Waals surface area contributed by atoms with Crippen molar-refractivity contribution in [3.05, 3.63) is 71.0 Å². The third-order valence-corrected chi connectivity index (χ3v) is 6.77. The number of aromatic nitrogens is 1. The van der Waals surface area contributed by atoms with Gasteiger partial charge in [0.2, 0.25) is 0 Å². The van der Waals surface area contributed by atoms with Crippen LogP contribution in [-0.2, 0) is 15.9 Å². The molecule has 1 atom stereocenters. The lowest BCUT2D eigenvalue weighted by Crippen LogP contribution is -2.38. The van der Waals surface area contributed by atoms with E-state index in [9.17, 15) is 4.79 Å². The van der Waals surface area contributed by atoms with Crippen LogP contribution in [0.15, 0.2) is 54.9 Å². The van der Waals surface area contributed by atoms with Crippen molar-refractivity contribution in [1.29, 1.82) is 0 Å². The van der Waals surface area contributed by atoms with E-state index in [2.05, 4.69) is 28.1 Å². The van der Waals surface area contributed by atoms with Crippen molar-refractivity contribution in [2.24, 2.45) is 5.92 Å². The third kappa shape index (κ3) is 4.98. The Morgan fingerprint density at radius 1 is 1.06 bits per heavy atom. The van der Waals surface area contributed by atoms with Crippen LogP contribution < -0.4 is 4.90 Å². The van der Waals surface area contributed by atoms with E-state index in [0.717, 1.165) is 30.6 Å². The summed E-state index contributed by atoms with van der Waals surface area (Å²) in [5, 5.41) is 3.01. The van der Waals surface area contributed by atoms with E-state index in [-0.39, 0.29) is 11.8 Å². The van der Waals surface area contributed by atoms with Gasteiger partial charge in [0.05, 0.1) is 37.1 Å². The summed E-state index contributed by atoms with van der Waals surface area (Å²) in [6.45, 7) is 5.32. The molecule has 2 aliphatic rings. The second-order valence-corrected chi connectivity index (χ2v) is 9.08. The predicted octanol–water partition coefficient (Wildman–Crippen LogP) is 4.06. The standard InChI is InChI=1S/C26H28ClN3O3/c27-24-5-4-22(15-25(24)29-8-11-32-12-9-29)26(31)30-10-13-33-18-19(17-30)14-21-3-1-2-20-6-7-28-16-23(20)21/h1-7,15-16,19H,8-14,17-18H2. The van der Waals surface area contributed by atoms with Crippen molar-refractivity contribution in [1.82, 2.24) is 9.88 Å². The van der Waals surface area contributed by atoms with Crippen molar-refractivity contribution in [3.63, 3.8) is 0 Å². The first kappa shape index (κ1) is 22.1. The van der Waals surface area contributed by atoms with Gasteiger partial charge in [-0.3, -0.25) is 9.78 Å². The maximum atomic E-state index is 13.5. The van der Waals surface area contributed by atoms with Gasteiger partial charge in [-0.25, -0.2) is 0 Å². The summed E-state index contributed by atoms with van der Waals surface area (Å²) in [6, 6.07) is 13.9. The zero-order chi connectivity index (χ0) is 22.6. The smallest absolute Gasteiger partial charge is 0.254 e. The van der Waals surface area contributed by atoms with E-state index in [1.54, 1.807) is 0 Å². The molecule has 33 heavy (non-hydrogen) atoms.